The summed E-state index contributed by atoms with van der Waals surface area (Å²) in [6.45, 7) is 20.8. The van der Waals surface area contributed by atoms with E-state index in [1.807, 2.05) is 0 Å². The van der Waals surface area contributed by atoms with E-state index in [4.69, 9.17) is 9.84 Å². The molecule has 0 saturated carbocycles. The molecule has 2 N–H and O–H groups in total. The Bertz CT molecular complexity index is 1180. The van der Waals surface area contributed by atoms with Crippen LogP contribution in [0.1, 0.15) is 43.2 Å². The minimum absolute atomic E-state index is 0.0142. The standard InChI is InChI=1S/C24H28N2O3.C4H10O.C2H4/c1-15-5-7-18(8-6-15)22-19(14-21(27)28)17(3)23-24-20(22)13-16(2)26(24)10-9-25(23)11-12-29-4;1-4(2,3)5;1-2/h5-8,13H,9-12,14H2,1-4H3,(H,27,28);5H,1-3H3;1-2H2. The lowest BCUT2D eigenvalue weighted by atomic mass is 9.88. The van der Waals surface area contributed by atoms with Gasteiger partial charge >= 0.3 is 5.97 Å². The summed E-state index contributed by atoms with van der Waals surface area (Å²) in [6, 6.07) is 10.6. The van der Waals surface area contributed by atoms with Crippen molar-refractivity contribution in [1.29, 1.82) is 0 Å². The molecule has 36 heavy (non-hydrogen) atoms. The fourth-order valence-electron chi connectivity index (χ4n) is 4.65. The van der Waals surface area contributed by atoms with Crippen LogP contribution in [-0.4, -0.2) is 53.2 Å². The number of benzene rings is 2. The van der Waals surface area contributed by atoms with Crippen LogP contribution in [0.25, 0.3) is 22.0 Å². The zero-order valence-electron chi connectivity index (χ0n) is 22.9. The van der Waals surface area contributed by atoms with E-state index in [2.05, 4.69) is 73.7 Å². The summed E-state index contributed by atoms with van der Waals surface area (Å²) < 4.78 is 7.71. The van der Waals surface area contributed by atoms with Gasteiger partial charge < -0.3 is 24.4 Å². The molecule has 1 aromatic heterocycles. The van der Waals surface area contributed by atoms with E-state index in [-0.39, 0.29) is 6.42 Å². The highest BCUT2D eigenvalue weighted by atomic mass is 16.5. The van der Waals surface area contributed by atoms with Crippen LogP contribution >= 0.6 is 0 Å². The lowest BCUT2D eigenvalue weighted by Gasteiger charge is -2.34. The number of ether oxygens (including phenoxy) is 1. The van der Waals surface area contributed by atoms with Gasteiger partial charge in [0.15, 0.2) is 0 Å². The number of aliphatic hydroxyl groups is 1. The number of carboxylic acids is 1. The first-order valence-corrected chi connectivity index (χ1v) is 12.3. The predicted molar refractivity (Wildman–Crippen MR) is 150 cm³/mol. The molecule has 6 heteroatoms. The van der Waals surface area contributed by atoms with Crippen LogP contribution in [0.4, 0.5) is 5.69 Å². The highest BCUT2D eigenvalue weighted by Crippen LogP contribution is 2.44. The van der Waals surface area contributed by atoms with Gasteiger partial charge in [-0.25, -0.2) is 0 Å². The Labute approximate surface area is 215 Å². The lowest BCUT2D eigenvalue weighted by Crippen LogP contribution is -2.35. The smallest absolute Gasteiger partial charge is 0.307 e. The molecule has 2 heterocycles. The van der Waals surface area contributed by atoms with Crippen molar-refractivity contribution >= 4 is 22.6 Å². The van der Waals surface area contributed by atoms with Gasteiger partial charge in [-0.3, -0.25) is 4.79 Å². The topological polar surface area (TPSA) is 74.9 Å². The molecule has 4 rings (SSSR count). The van der Waals surface area contributed by atoms with Crippen LogP contribution in [0.5, 0.6) is 0 Å². The summed E-state index contributed by atoms with van der Waals surface area (Å²) in [5.74, 6) is -0.802. The average Bonchev–Trinajstić information content (AvgIpc) is 3.13. The molecular weight excluding hydrogens is 452 g/mol. The third-order valence-electron chi connectivity index (χ3n) is 6.05. The number of methoxy groups -OCH3 is 1. The summed E-state index contributed by atoms with van der Waals surface area (Å²) >= 11 is 0. The van der Waals surface area contributed by atoms with Gasteiger partial charge in [-0.05, 0) is 69.9 Å². The lowest BCUT2D eigenvalue weighted by molar-refractivity contribution is -0.136. The maximum atomic E-state index is 11.8. The first-order chi connectivity index (χ1) is 16.9. The van der Waals surface area contributed by atoms with Gasteiger partial charge in [0.1, 0.15) is 0 Å². The molecule has 0 bridgehead atoms. The molecule has 0 aliphatic carbocycles. The molecule has 0 fully saturated rings. The number of rotatable bonds is 6. The molecule has 0 atom stereocenters. The zero-order valence-corrected chi connectivity index (χ0v) is 22.9. The number of aliphatic carboxylic acids is 1. The quantitative estimate of drug-likeness (QED) is 0.417. The summed E-state index contributed by atoms with van der Waals surface area (Å²) in [7, 11) is 1.72. The number of nitrogens with zero attached hydrogens (tertiary/aromatic N) is 2. The van der Waals surface area contributed by atoms with Crippen molar-refractivity contribution in [2.75, 3.05) is 31.7 Å². The van der Waals surface area contributed by atoms with Gasteiger partial charge in [0, 0.05) is 37.8 Å². The van der Waals surface area contributed by atoms with E-state index in [9.17, 15) is 9.90 Å². The molecular formula is C30H42N2O4. The van der Waals surface area contributed by atoms with Gasteiger partial charge in [0.25, 0.3) is 0 Å². The van der Waals surface area contributed by atoms with Crippen molar-refractivity contribution in [3.63, 3.8) is 0 Å². The summed E-state index contributed by atoms with van der Waals surface area (Å²) in [5, 5.41) is 19.3. The third-order valence-corrected chi connectivity index (χ3v) is 6.05. The molecule has 0 radical (unpaired) electrons. The maximum Gasteiger partial charge on any atom is 0.307 e. The Morgan fingerprint density at radius 1 is 1.08 bits per heavy atom. The van der Waals surface area contributed by atoms with Crippen molar-refractivity contribution in [1.82, 2.24) is 4.57 Å². The molecule has 2 aromatic carbocycles. The van der Waals surface area contributed by atoms with E-state index >= 15 is 0 Å². The van der Waals surface area contributed by atoms with Gasteiger partial charge in [-0.1, -0.05) is 29.8 Å². The van der Waals surface area contributed by atoms with Gasteiger partial charge in [0.05, 0.1) is 29.8 Å². The second kappa shape index (κ2) is 12.2. The molecule has 196 valence electrons. The number of aromatic nitrogens is 1. The van der Waals surface area contributed by atoms with E-state index in [0.717, 1.165) is 53.0 Å². The molecule has 6 nitrogen and oxygen atoms in total. The van der Waals surface area contributed by atoms with E-state index in [1.165, 1.54) is 16.8 Å². The average molecular weight is 495 g/mol. The highest BCUT2D eigenvalue weighted by molar-refractivity contribution is 6.07. The SMILES string of the molecule is C=C.CC(C)(C)O.COCCN1CCn2c(C)cc3c(-c4ccc(C)cc4)c(CC(=O)O)c(C)c1c32. The second-order valence-corrected chi connectivity index (χ2v) is 10.1. The van der Waals surface area contributed by atoms with Crippen molar-refractivity contribution in [2.24, 2.45) is 0 Å². The second-order valence-electron chi connectivity index (χ2n) is 10.1. The number of hydrogen-bond acceptors (Lipinski definition) is 4. The molecule has 1 aliphatic heterocycles. The largest absolute Gasteiger partial charge is 0.481 e. The first kappa shape index (κ1) is 29.1. The summed E-state index contributed by atoms with van der Waals surface area (Å²) in [4.78, 5) is 14.1. The number of carbonyl (C=O) groups is 1. The van der Waals surface area contributed by atoms with Crippen molar-refractivity contribution < 1.29 is 19.7 Å². The van der Waals surface area contributed by atoms with Crippen LogP contribution in [0.15, 0.2) is 43.5 Å². The van der Waals surface area contributed by atoms with Crippen LogP contribution in [0.2, 0.25) is 0 Å². The number of anilines is 1. The van der Waals surface area contributed by atoms with E-state index < -0.39 is 11.6 Å². The Morgan fingerprint density at radius 2 is 1.67 bits per heavy atom. The zero-order chi connectivity index (χ0) is 27.2. The Balaban J connectivity index is 0.000000583. The third kappa shape index (κ3) is 6.77. The molecule has 0 unspecified atom stereocenters. The minimum Gasteiger partial charge on any atom is -0.481 e. The van der Waals surface area contributed by atoms with Crippen LogP contribution in [0.3, 0.4) is 0 Å². The van der Waals surface area contributed by atoms with Crippen LogP contribution < -0.4 is 4.90 Å². The summed E-state index contributed by atoms with van der Waals surface area (Å²) in [5.41, 5.74) is 8.38. The molecule has 0 amide bonds. The van der Waals surface area contributed by atoms with Crippen molar-refractivity contribution in [2.45, 2.75) is 60.1 Å². The van der Waals surface area contributed by atoms with Gasteiger partial charge in [-0.15, -0.1) is 13.2 Å². The van der Waals surface area contributed by atoms with E-state index in [0.29, 0.717) is 6.61 Å². The number of hydrogen-bond donors (Lipinski definition) is 2. The molecule has 0 spiro atoms. The maximum absolute atomic E-state index is 11.8. The Kier molecular flexibility index (Phi) is 9.91. The van der Waals surface area contributed by atoms with Gasteiger partial charge in [-0.2, -0.15) is 0 Å². The highest BCUT2D eigenvalue weighted by Gasteiger charge is 2.28. The first-order valence-electron chi connectivity index (χ1n) is 12.3. The number of carboxylic acid groups (broad SMARTS) is 1. The van der Waals surface area contributed by atoms with Crippen LogP contribution in [0, 0.1) is 20.8 Å². The molecule has 0 saturated heterocycles. The number of aryl methyl sites for hydroxylation is 2. The Hall–Kier alpha value is -3.09. The monoisotopic (exact) mass is 494 g/mol. The van der Waals surface area contributed by atoms with E-state index in [1.54, 1.807) is 27.9 Å². The van der Waals surface area contributed by atoms with Crippen LogP contribution in [-0.2, 0) is 22.5 Å². The summed E-state index contributed by atoms with van der Waals surface area (Å²) in [6.07, 6.45) is 0.0142. The van der Waals surface area contributed by atoms with Gasteiger partial charge in [0.2, 0.25) is 0 Å². The fraction of sp³-hybridized carbons (Fsp3) is 0.433. The molecule has 1 aliphatic rings. The Morgan fingerprint density at radius 3 is 2.19 bits per heavy atom. The normalized spacial score (nSPS) is 12.5. The predicted octanol–water partition coefficient (Wildman–Crippen LogP) is 5.91. The van der Waals surface area contributed by atoms with Crippen molar-refractivity contribution in [3.05, 3.63) is 65.9 Å². The molecule has 3 aromatic rings. The fourth-order valence-corrected chi connectivity index (χ4v) is 4.65. The van der Waals surface area contributed by atoms with Crippen molar-refractivity contribution in [3.8, 4) is 11.1 Å². The minimum atomic E-state index is -0.802.